The van der Waals surface area contributed by atoms with Crippen molar-refractivity contribution in [2.45, 2.75) is 19.4 Å². The van der Waals surface area contributed by atoms with Gasteiger partial charge in [0.15, 0.2) is 0 Å². The Kier molecular flexibility index (Phi) is 4.79. The summed E-state index contributed by atoms with van der Waals surface area (Å²) < 4.78 is 12.8. The molecule has 1 unspecified atom stereocenters. The number of carbonyl (C=O) groups is 1. The van der Waals surface area contributed by atoms with Gasteiger partial charge in [0.1, 0.15) is 17.6 Å². The number of aromatic nitrogens is 1. The lowest BCUT2D eigenvalue weighted by molar-refractivity contribution is 0.0769. The van der Waals surface area contributed by atoms with Crippen LogP contribution in [-0.2, 0) is 7.05 Å². The van der Waals surface area contributed by atoms with Crippen molar-refractivity contribution >= 4 is 5.91 Å². The van der Waals surface area contributed by atoms with E-state index in [0.717, 1.165) is 12.1 Å². The molecule has 0 N–H and O–H groups in total. The second-order valence-corrected chi connectivity index (χ2v) is 6.21. The van der Waals surface area contributed by atoms with Crippen molar-refractivity contribution in [2.24, 2.45) is 7.05 Å². The number of hydrogen-bond acceptors (Lipinski definition) is 4. The summed E-state index contributed by atoms with van der Waals surface area (Å²) in [5.74, 6) is 1.06. The van der Waals surface area contributed by atoms with Gasteiger partial charge in [-0.1, -0.05) is 12.1 Å². The molecule has 25 heavy (non-hydrogen) atoms. The summed E-state index contributed by atoms with van der Waals surface area (Å²) in [6.45, 7) is 2.97. The lowest BCUT2D eigenvalue weighted by Gasteiger charge is -2.19. The highest BCUT2D eigenvalue weighted by atomic mass is 16.5. The van der Waals surface area contributed by atoms with Crippen molar-refractivity contribution in [1.29, 1.82) is 0 Å². The van der Waals surface area contributed by atoms with Crippen LogP contribution in [0.4, 0.5) is 0 Å². The SMILES string of the molecule is COc1ccccc1C(=O)N1CCC(Oc2cc(C)n(C)c(=O)c2)C1. The zero-order valence-corrected chi connectivity index (χ0v) is 14.7. The van der Waals surface area contributed by atoms with Gasteiger partial charge in [0.05, 0.1) is 19.2 Å². The van der Waals surface area contributed by atoms with Crippen LogP contribution in [0.3, 0.4) is 0 Å². The van der Waals surface area contributed by atoms with Gasteiger partial charge in [-0.3, -0.25) is 9.59 Å². The van der Waals surface area contributed by atoms with Gasteiger partial charge in [0, 0.05) is 31.8 Å². The summed E-state index contributed by atoms with van der Waals surface area (Å²) >= 11 is 0. The minimum atomic E-state index is -0.120. The average molecular weight is 342 g/mol. The summed E-state index contributed by atoms with van der Waals surface area (Å²) in [6, 6.07) is 10.5. The number of rotatable bonds is 4. The number of methoxy groups -OCH3 is 1. The first-order chi connectivity index (χ1) is 12.0. The Bertz CT molecular complexity index is 844. The molecule has 0 spiro atoms. The van der Waals surface area contributed by atoms with Crippen LogP contribution in [0.15, 0.2) is 41.2 Å². The van der Waals surface area contributed by atoms with E-state index >= 15 is 0 Å². The third-order valence-electron chi connectivity index (χ3n) is 4.55. The fraction of sp³-hybridized carbons (Fsp3) is 0.368. The number of hydrogen-bond donors (Lipinski definition) is 0. The van der Waals surface area contributed by atoms with Gasteiger partial charge in [-0.05, 0) is 25.1 Å². The molecule has 1 saturated heterocycles. The second kappa shape index (κ2) is 7.01. The maximum Gasteiger partial charge on any atom is 0.257 e. The van der Waals surface area contributed by atoms with Gasteiger partial charge in [0.25, 0.3) is 11.5 Å². The summed E-state index contributed by atoms with van der Waals surface area (Å²) in [7, 11) is 3.28. The molecule has 132 valence electrons. The van der Waals surface area contributed by atoms with Crippen LogP contribution in [-0.4, -0.2) is 41.7 Å². The number of pyridine rings is 1. The van der Waals surface area contributed by atoms with E-state index in [1.54, 1.807) is 35.8 Å². The van der Waals surface area contributed by atoms with E-state index < -0.39 is 0 Å². The Morgan fingerprint density at radius 3 is 2.72 bits per heavy atom. The quantitative estimate of drug-likeness (QED) is 0.853. The van der Waals surface area contributed by atoms with Crippen molar-refractivity contribution in [3.05, 3.63) is 58.0 Å². The fourth-order valence-electron chi connectivity index (χ4n) is 3.00. The van der Waals surface area contributed by atoms with Gasteiger partial charge >= 0.3 is 0 Å². The van der Waals surface area contributed by atoms with Gasteiger partial charge < -0.3 is 18.9 Å². The molecule has 1 fully saturated rings. The summed E-state index contributed by atoms with van der Waals surface area (Å²) in [6.07, 6.45) is 0.611. The minimum absolute atomic E-state index is 0.0660. The van der Waals surface area contributed by atoms with Crippen molar-refractivity contribution in [3.63, 3.8) is 0 Å². The maximum atomic E-state index is 12.7. The van der Waals surface area contributed by atoms with Crippen molar-refractivity contribution < 1.29 is 14.3 Å². The molecular weight excluding hydrogens is 320 g/mol. The number of carbonyl (C=O) groups excluding carboxylic acids is 1. The van der Waals surface area contributed by atoms with Crippen molar-refractivity contribution in [2.75, 3.05) is 20.2 Å². The van der Waals surface area contributed by atoms with E-state index in [1.807, 2.05) is 25.1 Å². The largest absolute Gasteiger partial charge is 0.496 e. The summed E-state index contributed by atoms with van der Waals surface area (Å²) in [4.78, 5) is 26.3. The smallest absolute Gasteiger partial charge is 0.257 e. The van der Waals surface area contributed by atoms with E-state index in [1.165, 1.54) is 6.07 Å². The van der Waals surface area contributed by atoms with Gasteiger partial charge in [0.2, 0.25) is 0 Å². The maximum absolute atomic E-state index is 12.7. The summed E-state index contributed by atoms with van der Waals surface area (Å²) in [5, 5.41) is 0. The Morgan fingerprint density at radius 1 is 1.24 bits per heavy atom. The zero-order chi connectivity index (χ0) is 18.0. The molecule has 2 aromatic rings. The number of para-hydroxylation sites is 1. The first-order valence-electron chi connectivity index (χ1n) is 8.26. The molecule has 1 aromatic heterocycles. The molecule has 1 aliphatic rings. The van der Waals surface area contributed by atoms with Crippen LogP contribution in [0.25, 0.3) is 0 Å². The topological polar surface area (TPSA) is 60.8 Å². The third kappa shape index (κ3) is 3.52. The van der Waals surface area contributed by atoms with E-state index in [-0.39, 0.29) is 17.6 Å². The number of likely N-dealkylation sites (tertiary alicyclic amines) is 1. The predicted molar refractivity (Wildman–Crippen MR) is 94.4 cm³/mol. The number of nitrogens with zero attached hydrogens (tertiary/aromatic N) is 2. The molecule has 1 aromatic carbocycles. The lowest BCUT2D eigenvalue weighted by Crippen LogP contribution is -2.31. The van der Waals surface area contributed by atoms with Crippen molar-refractivity contribution in [1.82, 2.24) is 9.47 Å². The molecule has 1 amide bonds. The molecule has 0 bridgehead atoms. The highest BCUT2D eigenvalue weighted by molar-refractivity contribution is 5.97. The zero-order valence-electron chi connectivity index (χ0n) is 14.7. The second-order valence-electron chi connectivity index (χ2n) is 6.21. The highest BCUT2D eigenvalue weighted by Gasteiger charge is 2.29. The van der Waals surface area contributed by atoms with E-state index in [2.05, 4.69) is 0 Å². The fourth-order valence-corrected chi connectivity index (χ4v) is 3.00. The molecule has 6 heteroatoms. The number of amides is 1. The number of benzene rings is 1. The molecule has 2 heterocycles. The first-order valence-corrected chi connectivity index (χ1v) is 8.26. The molecule has 6 nitrogen and oxygen atoms in total. The molecule has 1 atom stereocenters. The van der Waals surface area contributed by atoms with Crippen LogP contribution in [0.2, 0.25) is 0 Å². The summed E-state index contributed by atoms with van der Waals surface area (Å²) in [5.41, 5.74) is 1.28. The first kappa shape index (κ1) is 17.1. The monoisotopic (exact) mass is 342 g/mol. The number of ether oxygens (including phenoxy) is 2. The Morgan fingerprint density at radius 2 is 2.00 bits per heavy atom. The molecule has 0 radical (unpaired) electrons. The Labute approximate surface area is 146 Å². The van der Waals surface area contributed by atoms with Crippen molar-refractivity contribution in [3.8, 4) is 11.5 Å². The van der Waals surface area contributed by atoms with E-state index in [9.17, 15) is 9.59 Å². The van der Waals surface area contributed by atoms with Crippen LogP contribution in [0.5, 0.6) is 11.5 Å². The van der Waals surface area contributed by atoms with Crippen LogP contribution < -0.4 is 15.0 Å². The lowest BCUT2D eigenvalue weighted by atomic mass is 10.2. The van der Waals surface area contributed by atoms with E-state index in [4.69, 9.17) is 9.47 Å². The normalized spacial score (nSPS) is 16.8. The third-order valence-corrected chi connectivity index (χ3v) is 4.55. The molecule has 1 aliphatic heterocycles. The van der Waals surface area contributed by atoms with Crippen LogP contribution in [0.1, 0.15) is 22.5 Å². The molecule has 0 saturated carbocycles. The highest BCUT2D eigenvalue weighted by Crippen LogP contribution is 2.23. The van der Waals surface area contributed by atoms with Gasteiger partial charge in [-0.25, -0.2) is 0 Å². The Balaban J connectivity index is 1.69. The molecule has 3 rings (SSSR count). The predicted octanol–water partition coefficient (Wildman–Crippen LogP) is 2.00. The number of aryl methyl sites for hydroxylation is 1. The standard InChI is InChI=1S/C19H22N2O4/c1-13-10-15(11-18(22)20(13)2)25-14-8-9-21(12-14)19(23)16-6-4-5-7-17(16)24-3/h4-7,10-11,14H,8-9,12H2,1-3H3. The van der Waals surface area contributed by atoms with Gasteiger partial charge in [-0.15, -0.1) is 0 Å². The molecule has 0 aliphatic carbocycles. The minimum Gasteiger partial charge on any atom is -0.496 e. The Hall–Kier alpha value is -2.76. The van der Waals surface area contributed by atoms with Crippen LogP contribution >= 0.6 is 0 Å². The molecular formula is C19H22N2O4. The van der Waals surface area contributed by atoms with Crippen LogP contribution in [0, 0.1) is 6.92 Å². The van der Waals surface area contributed by atoms with Gasteiger partial charge in [-0.2, -0.15) is 0 Å². The van der Waals surface area contributed by atoms with E-state index in [0.29, 0.717) is 30.2 Å². The average Bonchev–Trinajstić information content (AvgIpc) is 3.07.